The molecule has 0 aromatic heterocycles. The van der Waals surface area contributed by atoms with Crippen LogP contribution in [-0.2, 0) is 0 Å². The van der Waals surface area contributed by atoms with E-state index in [2.05, 4.69) is 10.2 Å². The number of hydrogen-bond donors (Lipinski definition) is 1. The van der Waals surface area contributed by atoms with Crippen LogP contribution in [0.4, 0.5) is 16.2 Å². The molecule has 126 valence electrons. The van der Waals surface area contributed by atoms with E-state index in [0.717, 1.165) is 30.2 Å². The number of urea groups is 1. The molecule has 1 heterocycles. The van der Waals surface area contributed by atoms with Crippen molar-refractivity contribution in [3.8, 4) is 5.75 Å². The van der Waals surface area contributed by atoms with Crippen LogP contribution in [0, 0.1) is 0 Å². The van der Waals surface area contributed by atoms with Gasteiger partial charge >= 0.3 is 6.03 Å². The summed E-state index contributed by atoms with van der Waals surface area (Å²) in [5, 5.41) is 3.56. The average molecular weight is 346 g/mol. The van der Waals surface area contributed by atoms with Gasteiger partial charge in [0.1, 0.15) is 5.75 Å². The molecule has 3 rings (SSSR count). The molecule has 5 nitrogen and oxygen atoms in total. The van der Waals surface area contributed by atoms with Crippen LogP contribution >= 0.6 is 11.6 Å². The molecule has 1 aliphatic rings. The van der Waals surface area contributed by atoms with Gasteiger partial charge in [0.25, 0.3) is 0 Å². The van der Waals surface area contributed by atoms with Crippen LogP contribution < -0.4 is 15.0 Å². The van der Waals surface area contributed by atoms with Crippen LogP contribution in [0.3, 0.4) is 0 Å². The van der Waals surface area contributed by atoms with Crippen LogP contribution in [0.25, 0.3) is 0 Å². The molecule has 1 N–H and O–H groups in total. The van der Waals surface area contributed by atoms with Crippen LogP contribution in [0.15, 0.2) is 48.5 Å². The molecule has 0 aliphatic carbocycles. The van der Waals surface area contributed by atoms with Crippen LogP contribution in [0.1, 0.15) is 0 Å². The van der Waals surface area contributed by atoms with Gasteiger partial charge in [-0.2, -0.15) is 0 Å². The number of amides is 2. The normalized spacial score (nSPS) is 14.4. The molecular formula is C18H20ClN3O2. The summed E-state index contributed by atoms with van der Waals surface area (Å²) in [5.74, 6) is 0.847. The van der Waals surface area contributed by atoms with Crippen LogP contribution in [0.5, 0.6) is 5.75 Å². The average Bonchev–Trinajstić information content (AvgIpc) is 2.64. The summed E-state index contributed by atoms with van der Waals surface area (Å²) in [5.41, 5.74) is 1.90. The summed E-state index contributed by atoms with van der Waals surface area (Å²) in [6.45, 7) is 2.98. The minimum atomic E-state index is -0.0771. The third-order valence-corrected chi connectivity index (χ3v) is 4.35. The lowest BCUT2D eigenvalue weighted by Gasteiger charge is -2.36. The van der Waals surface area contributed by atoms with E-state index in [-0.39, 0.29) is 6.03 Å². The van der Waals surface area contributed by atoms with Gasteiger partial charge in [-0.05, 0) is 48.5 Å². The van der Waals surface area contributed by atoms with Gasteiger partial charge in [-0.15, -0.1) is 0 Å². The number of halogens is 1. The van der Waals surface area contributed by atoms with Gasteiger partial charge in [-0.1, -0.05) is 11.6 Å². The molecule has 6 heteroatoms. The first-order chi connectivity index (χ1) is 11.7. The lowest BCUT2D eigenvalue weighted by Crippen LogP contribution is -2.50. The smallest absolute Gasteiger partial charge is 0.321 e. The van der Waals surface area contributed by atoms with E-state index in [9.17, 15) is 4.79 Å². The number of hydrogen-bond acceptors (Lipinski definition) is 3. The third-order valence-electron chi connectivity index (χ3n) is 4.10. The zero-order valence-electron chi connectivity index (χ0n) is 13.5. The van der Waals surface area contributed by atoms with Crippen molar-refractivity contribution in [1.82, 2.24) is 4.90 Å². The molecule has 0 unspecified atom stereocenters. The number of carbonyl (C=O) groups is 1. The summed E-state index contributed by atoms with van der Waals surface area (Å²) >= 11 is 5.85. The summed E-state index contributed by atoms with van der Waals surface area (Å²) in [6.07, 6.45) is 0. The standard InChI is InChI=1S/C18H20ClN3O2/c1-24-17-8-6-16(7-9-17)21-10-12-22(13-11-21)18(23)20-15-4-2-14(19)3-5-15/h2-9H,10-13H2,1H3,(H,20,23). The largest absolute Gasteiger partial charge is 0.497 e. The number of carbonyl (C=O) groups excluding carboxylic acids is 1. The highest BCUT2D eigenvalue weighted by Gasteiger charge is 2.21. The van der Waals surface area contributed by atoms with Crippen molar-refractivity contribution in [2.24, 2.45) is 0 Å². The van der Waals surface area contributed by atoms with E-state index in [1.807, 2.05) is 29.2 Å². The molecule has 0 radical (unpaired) electrons. The summed E-state index contributed by atoms with van der Waals surface area (Å²) in [4.78, 5) is 16.4. The van der Waals surface area contributed by atoms with Gasteiger partial charge in [0, 0.05) is 42.6 Å². The fourth-order valence-corrected chi connectivity index (χ4v) is 2.82. The summed E-state index contributed by atoms with van der Waals surface area (Å²) in [6, 6.07) is 15.0. The van der Waals surface area contributed by atoms with Gasteiger partial charge < -0.3 is 19.9 Å². The third kappa shape index (κ3) is 3.92. The molecule has 2 aromatic carbocycles. The first kappa shape index (κ1) is 16.5. The first-order valence-corrected chi connectivity index (χ1v) is 8.24. The van der Waals surface area contributed by atoms with Crippen LogP contribution in [-0.4, -0.2) is 44.2 Å². The van der Waals surface area contributed by atoms with Gasteiger partial charge in [0.2, 0.25) is 0 Å². The number of anilines is 2. The van der Waals surface area contributed by atoms with Crippen molar-refractivity contribution in [2.75, 3.05) is 43.5 Å². The highest BCUT2D eigenvalue weighted by atomic mass is 35.5. The SMILES string of the molecule is COc1ccc(N2CCN(C(=O)Nc3ccc(Cl)cc3)CC2)cc1. The van der Waals surface area contributed by atoms with Crippen molar-refractivity contribution >= 4 is 29.0 Å². The molecule has 2 aromatic rings. The number of benzene rings is 2. The Morgan fingerprint density at radius 2 is 1.62 bits per heavy atom. The number of nitrogens with zero attached hydrogens (tertiary/aromatic N) is 2. The number of piperazine rings is 1. The molecule has 0 bridgehead atoms. The van der Waals surface area contributed by atoms with Crippen LogP contribution in [0.2, 0.25) is 5.02 Å². The predicted octanol–water partition coefficient (Wildman–Crippen LogP) is 3.70. The first-order valence-electron chi connectivity index (χ1n) is 7.86. The number of rotatable bonds is 3. The Bertz CT molecular complexity index is 680. The zero-order chi connectivity index (χ0) is 16.9. The van der Waals surface area contributed by atoms with E-state index in [4.69, 9.17) is 16.3 Å². The topological polar surface area (TPSA) is 44.8 Å². The Morgan fingerprint density at radius 3 is 2.21 bits per heavy atom. The second-order valence-corrected chi connectivity index (χ2v) is 6.05. The maximum absolute atomic E-state index is 12.3. The minimum Gasteiger partial charge on any atom is -0.497 e. The van der Waals surface area contributed by atoms with Gasteiger partial charge in [0.15, 0.2) is 0 Å². The molecule has 0 atom stereocenters. The molecule has 24 heavy (non-hydrogen) atoms. The Morgan fingerprint density at radius 1 is 1.00 bits per heavy atom. The lowest BCUT2D eigenvalue weighted by atomic mass is 10.2. The Balaban J connectivity index is 1.54. The summed E-state index contributed by atoms with van der Waals surface area (Å²) in [7, 11) is 1.66. The molecule has 2 amide bonds. The highest BCUT2D eigenvalue weighted by Crippen LogP contribution is 2.21. The fraction of sp³-hybridized carbons (Fsp3) is 0.278. The number of nitrogens with one attached hydrogen (secondary N) is 1. The van der Waals surface area contributed by atoms with Crippen molar-refractivity contribution in [2.45, 2.75) is 0 Å². The quantitative estimate of drug-likeness (QED) is 0.922. The highest BCUT2D eigenvalue weighted by molar-refractivity contribution is 6.30. The maximum atomic E-state index is 12.3. The second kappa shape index (κ2) is 7.45. The molecule has 1 aliphatic heterocycles. The van der Waals surface area contributed by atoms with E-state index < -0.39 is 0 Å². The van der Waals surface area contributed by atoms with Crippen molar-refractivity contribution in [3.05, 3.63) is 53.6 Å². The fourth-order valence-electron chi connectivity index (χ4n) is 2.70. The monoisotopic (exact) mass is 345 g/mol. The Kier molecular flexibility index (Phi) is 5.11. The number of ether oxygens (including phenoxy) is 1. The van der Waals surface area contributed by atoms with Gasteiger partial charge in [0.05, 0.1) is 7.11 Å². The van der Waals surface area contributed by atoms with E-state index in [0.29, 0.717) is 18.1 Å². The van der Waals surface area contributed by atoms with Gasteiger partial charge in [-0.25, -0.2) is 4.79 Å². The van der Waals surface area contributed by atoms with Crippen molar-refractivity contribution in [3.63, 3.8) is 0 Å². The number of methoxy groups -OCH3 is 1. The Labute approximate surface area is 146 Å². The second-order valence-electron chi connectivity index (χ2n) is 5.61. The molecular weight excluding hydrogens is 326 g/mol. The maximum Gasteiger partial charge on any atom is 0.321 e. The van der Waals surface area contributed by atoms with Gasteiger partial charge in [-0.3, -0.25) is 0 Å². The lowest BCUT2D eigenvalue weighted by molar-refractivity contribution is 0.208. The molecule has 0 spiro atoms. The predicted molar refractivity (Wildman–Crippen MR) is 97.3 cm³/mol. The van der Waals surface area contributed by atoms with E-state index in [1.165, 1.54) is 0 Å². The van der Waals surface area contributed by atoms with E-state index >= 15 is 0 Å². The van der Waals surface area contributed by atoms with E-state index in [1.54, 1.807) is 31.4 Å². The molecule has 1 fully saturated rings. The zero-order valence-corrected chi connectivity index (χ0v) is 14.3. The Hall–Kier alpha value is -2.40. The summed E-state index contributed by atoms with van der Waals surface area (Å²) < 4.78 is 5.18. The van der Waals surface area contributed by atoms with Crippen molar-refractivity contribution < 1.29 is 9.53 Å². The molecule has 1 saturated heterocycles. The molecule has 0 saturated carbocycles. The minimum absolute atomic E-state index is 0.0771. The van der Waals surface area contributed by atoms with Crippen molar-refractivity contribution in [1.29, 1.82) is 0 Å².